The van der Waals surface area contributed by atoms with E-state index >= 15 is 0 Å². The molecule has 0 aliphatic heterocycles. The first-order chi connectivity index (χ1) is 7.47. The van der Waals surface area contributed by atoms with E-state index in [4.69, 9.17) is 0 Å². The molecule has 1 nitrogen and oxygen atoms in total. The van der Waals surface area contributed by atoms with Crippen LogP contribution in [0.1, 0.15) is 44.7 Å². The molecule has 0 bridgehead atoms. The molecule has 1 heteroatoms. The van der Waals surface area contributed by atoms with Crippen LogP contribution in [-0.2, 0) is 10.2 Å². The predicted molar refractivity (Wildman–Crippen MR) is 67.4 cm³/mol. The van der Waals surface area contributed by atoms with Crippen LogP contribution in [0.25, 0.3) is 5.57 Å². The van der Waals surface area contributed by atoms with Crippen LogP contribution < -0.4 is 0 Å². The normalized spacial score (nSPS) is 16.4. The van der Waals surface area contributed by atoms with E-state index in [9.17, 15) is 4.79 Å². The second-order valence-corrected chi connectivity index (χ2v) is 5.46. The number of carbonyl (C=O) groups is 1. The van der Waals surface area contributed by atoms with Crippen LogP contribution in [0.5, 0.6) is 0 Å². The summed E-state index contributed by atoms with van der Waals surface area (Å²) in [7, 11) is 0. The first-order valence-electron chi connectivity index (χ1n) is 5.81. The lowest BCUT2D eigenvalue weighted by Gasteiger charge is -2.19. The molecule has 1 aromatic carbocycles. The maximum Gasteiger partial charge on any atom is 0.156 e. The van der Waals surface area contributed by atoms with Crippen molar-refractivity contribution in [3.05, 3.63) is 41.5 Å². The molecule has 0 saturated carbocycles. The summed E-state index contributed by atoms with van der Waals surface area (Å²) in [6, 6.07) is 8.59. The maximum atomic E-state index is 11.2. The van der Waals surface area contributed by atoms with Gasteiger partial charge >= 0.3 is 0 Å². The fourth-order valence-corrected chi connectivity index (χ4v) is 2.01. The molecular formula is C15H18O. The third-order valence-electron chi connectivity index (χ3n) is 3.10. The fraction of sp³-hybridized carbons (Fsp3) is 0.400. The highest BCUT2D eigenvalue weighted by molar-refractivity contribution is 6.01. The summed E-state index contributed by atoms with van der Waals surface area (Å²) in [4.78, 5) is 11.2. The van der Waals surface area contributed by atoms with Crippen LogP contribution in [0.2, 0.25) is 0 Å². The summed E-state index contributed by atoms with van der Waals surface area (Å²) in [6.07, 6.45) is 3.36. The SMILES string of the molecule is CC(C)(C)c1ccc(C2=CC(=O)CC2)cc1. The molecule has 0 fully saturated rings. The summed E-state index contributed by atoms with van der Waals surface area (Å²) >= 11 is 0. The van der Waals surface area contributed by atoms with Gasteiger partial charge in [0.05, 0.1) is 0 Å². The Morgan fingerprint density at radius 3 is 2.06 bits per heavy atom. The Morgan fingerprint density at radius 2 is 1.62 bits per heavy atom. The van der Waals surface area contributed by atoms with E-state index in [2.05, 4.69) is 45.0 Å². The summed E-state index contributed by atoms with van der Waals surface area (Å²) in [6.45, 7) is 6.63. The predicted octanol–water partition coefficient (Wildman–Crippen LogP) is 3.73. The Balaban J connectivity index is 2.27. The van der Waals surface area contributed by atoms with Gasteiger partial charge in [-0.2, -0.15) is 0 Å². The van der Waals surface area contributed by atoms with Crippen LogP contribution in [0, 0.1) is 0 Å². The lowest BCUT2D eigenvalue weighted by Crippen LogP contribution is -2.10. The first-order valence-corrected chi connectivity index (χ1v) is 5.81. The van der Waals surface area contributed by atoms with Gasteiger partial charge in [0.25, 0.3) is 0 Å². The van der Waals surface area contributed by atoms with Crippen molar-refractivity contribution in [1.82, 2.24) is 0 Å². The van der Waals surface area contributed by atoms with Crippen LogP contribution in [0.15, 0.2) is 30.3 Å². The van der Waals surface area contributed by atoms with E-state index in [1.54, 1.807) is 6.08 Å². The summed E-state index contributed by atoms with van der Waals surface area (Å²) in [5.41, 5.74) is 3.91. The molecule has 0 aromatic heterocycles. The molecule has 0 heterocycles. The topological polar surface area (TPSA) is 17.1 Å². The Hall–Kier alpha value is -1.37. The molecule has 0 radical (unpaired) electrons. The number of rotatable bonds is 1. The summed E-state index contributed by atoms with van der Waals surface area (Å²) in [5.74, 6) is 0.259. The van der Waals surface area contributed by atoms with Crippen molar-refractivity contribution in [1.29, 1.82) is 0 Å². The Labute approximate surface area is 97.2 Å². The van der Waals surface area contributed by atoms with E-state index in [1.807, 2.05) is 0 Å². The lowest BCUT2D eigenvalue weighted by molar-refractivity contribution is -0.114. The van der Waals surface area contributed by atoms with Crippen molar-refractivity contribution >= 4 is 11.4 Å². The molecule has 0 amide bonds. The average Bonchev–Trinajstić information content (AvgIpc) is 2.64. The van der Waals surface area contributed by atoms with Crippen molar-refractivity contribution in [2.75, 3.05) is 0 Å². The summed E-state index contributed by atoms with van der Waals surface area (Å²) in [5, 5.41) is 0. The number of hydrogen-bond donors (Lipinski definition) is 0. The van der Waals surface area contributed by atoms with E-state index in [1.165, 1.54) is 16.7 Å². The average molecular weight is 214 g/mol. The van der Waals surface area contributed by atoms with Gasteiger partial charge in [-0.05, 0) is 34.6 Å². The minimum Gasteiger partial charge on any atom is -0.295 e. The van der Waals surface area contributed by atoms with E-state index in [0.29, 0.717) is 6.42 Å². The van der Waals surface area contributed by atoms with Crippen molar-refractivity contribution in [2.45, 2.75) is 39.0 Å². The fourth-order valence-electron chi connectivity index (χ4n) is 2.01. The van der Waals surface area contributed by atoms with Gasteiger partial charge in [0.2, 0.25) is 0 Å². The molecule has 2 rings (SSSR count). The third-order valence-corrected chi connectivity index (χ3v) is 3.10. The van der Waals surface area contributed by atoms with Crippen LogP contribution >= 0.6 is 0 Å². The molecule has 0 atom stereocenters. The van der Waals surface area contributed by atoms with Gasteiger partial charge in [-0.25, -0.2) is 0 Å². The highest BCUT2D eigenvalue weighted by atomic mass is 16.1. The standard InChI is InChI=1S/C15H18O/c1-15(2,3)13-7-4-11(5-8-13)12-6-9-14(16)10-12/h4-5,7-8,10H,6,9H2,1-3H3. The van der Waals surface area contributed by atoms with E-state index in [-0.39, 0.29) is 11.2 Å². The second kappa shape index (κ2) is 3.89. The van der Waals surface area contributed by atoms with E-state index < -0.39 is 0 Å². The molecule has 1 aliphatic rings. The molecule has 0 saturated heterocycles. The molecule has 1 aliphatic carbocycles. The van der Waals surface area contributed by atoms with Gasteiger partial charge in [0, 0.05) is 6.42 Å². The zero-order chi connectivity index (χ0) is 11.8. The molecule has 16 heavy (non-hydrogen) atoms. The van der Waals surface area contributed by atoms with Crippen LogP contribution in [-0.4, -0.2) is 5.78 Å². The van der Waals surface area contributed by atoms with Crippen molar-refractivity contribution < 1.29 is 4.79 Å². The number of ketones is 1. The molecule has 0 spiro atoms. The smallest absolute Gasteiger partial charge is 0.156 e. The van der Waals surface area contributed by atoms with Crippen molar-refractivity contribution in [2.24, 2.45) is 0 Å². The number of carbonyl (C=O) groups excluding carboxylic acids is 1. The van der Waals surface area contributed by atoms with Gasteiger partial charge in [-0.3, -0.25) is 4.79 Å². The Bertz CT molecular complexity index is 429. The molecule has 0 N–H and O–H groups in total. The Morgan fingerprint density at radius 1 is 1.00 bits per heavy atom. The lowest BCUT2D eigenvalue weighted by atomic mass is 9.86. The van der Waals surface area contributed by atoms with Crippen molar-refractivity contribution in [3.8, 4) is 0 Å². The maximum absolute atomic E-state index is 11.2. The van der Waals surface area contributed by atoms with Gasteiger partial charge in [0.1, 0.15) is 0 Å². The van der Waals surface area contributed by atoms with Crippen LogP contribution in [0.3, 0.4) is 0 Å². The third kappa shape index (κ3) is 2.24. The van der Waals surface area contributed by atoms with E-state index in [0.717, 1.165) is 6.42 Å². The number of hydrogen-bond acceptors (Lipinski definition) is 1. The first kappa shape index (κ1) is 11.1. The molecule has 1 aromatic rings. The van der Waals surface area contributed by atoms with Gasteiger partial charge < -0.3 is 0 Å². The summed E-state index contributed by atoms with van der Waals surface area (Å²) < 4.78 is 0. The zero-order valence-corrected chi connectivity index (χ0v) is 10.2. The van der Waals surface area contributed by atoms with Crippen LogP contribution in [0.4, 0.5) is 0 Å². The highest BCUT2D eigenvalue weighted by Crippen LogP contribution is 2.28. The van der Waals surface area contributed by atoms with Crippen molar-refractivity contribution in [3.63, 3.8) is 0 Å². The largest absolute Gasteiger partial charge is 0.295 e. The second-order valence-electron chi connectivity index (χ2n) is 5.46. The quantitative estimate of drug-likeness (QED) is 0.696. The van der Waals surface area contributed by atoms with Gasteiger partial charge in [-0.15, -0.1) is 0 Å². The molecule has 0 unspecified atom stereocenters. The van der Waals surface area contributed by atoms with Gasteiger partial charge in [0.15, 0.2) is 5.78 Å². The highest BCUT2D eigenvalue weighted by Gasteiger charge is 2.16. The molecule has 84 valence electrons. The number of benzene rings is 1. The molecular weight excluding hydrogens is 196 g/mol. The monoisotopic (exact) mass is 214 g/mol. The minimum atomic E-state index is 0.193. The minimum absolute atomic E-state index is 0.193. The Kier molecular flexibility index (Phi) is 2.71. The van der Waals surface area contributed by atoms with Gasteiger partial charge in [-0.1, -0.05) is 45.0 Å². The number of allylic oxidation sites excluding steroid dienone is 2. The zero-order valence-electron chi connectivity index (χ0n) is 10.2.